The molecule has 0 radical (unpaired) electrons. The molecule has 0 aliphatic carbocycles. The van der Waals surface area contributed by atoms with Crippen LogP contribution in [-0.4, -0.2) is 35.4 Å². The zero-order chi connectivity index (χ0) is 19.1. The predicted octanol–water partition coefficient (Wildman–Crippen LogP) is 2.67. The van der Waals surface area contributed by atoms with E-state index in [9.17, 15) is 14.4 Å². The van der Waals surface area contributed by atoms with Crippen LogP contribution in [0.4, 0.5) is 4.79 Å². The van der Waals surface area contributed by atoms with Gasteiger partial charge in [-0.05, 0) is 24.0 Å². The first-order chi connectivity index (χ1) is 13.1. The summed E-state index contributed by atoms with van der Waals surface area (Å²) in [5.74, 6) is -0.704. The first kappa shape index (κ1) is 18.6. The molecule has 3 rings (SSSR count). The number of amides is 3. The van der Waals surface area contributed by atoms with Crippen LogP contribution >= 0.6 is 0 Å². The molecule has 0 unspecified atom stereocenters. The van der Waals surface area contributed by atoms with E-state index in [2.05, 4.69) is 5.32 Å². The van der Waals surface area contributed by atoms with E-state index >= 15 is 0 Å². The summed E-state index contributed by atoms with van der Waals surface area (Å²) in [5.41, 5.74) is 1.93. The zero-order valence-electron chi connectivity index (χ0n) is 15.0. The highest BCUT2D eigenvalue weighted by molar-refractivity contribution is 6.00. The van der Waals surface area contributed by atoms with Gasteiger partial charge in [-0.3, -0.25) is 9.59 Å². The number of benzene rings is 2. The maximum Gasteiger partial charge on any atom is 0.417 e. The number of nitrogens with one attached hydrogen (secondary N) is 1. The van der Waals surface area contributed by atoms with Crippen molar-refractivity contribution < 1.29 is 19.1 Å². The molecule has 1 aliphatic rings. The van der Waals surface area contributed by atoms with Crippen LogP contribution in [0.1, 0.15) is 24.0 Å². The van der Waals surface area contributed by atoms with Crippen molar-refractivity contribution >= 4 is 17.9 Å². The van der Waals surface area contributed by atoms with Crippen LogP contribution in [-0.2, 0) is 27.4 Å². The average molecular weight is 366 g/mol. The Labute approximate surface area is 158 Å². The number of carbonyl (C=O) groups is 3. The molecular formula is C21H22N2O4. The molecule has 27 heavy (non-hydrogen) atoms. The molecule has 2 aromatic rings. The van der Waals surface area contributed by atoms with Gasteiger partial charge in [0, 0.05) is 13.0 Å². The minimum absolute atomic E-state index is 0.0613. The van der Waals surface area contributed by atoms with E-state index in [0.29, 0.717) is 19.4 Å². The van der Waals surface area contributed by atoms with E-state index in [1.54, 1.807) is 0 Å². The molecule has 2 aromatic carbocycles. The van der Waals surface area contributed by atoms with E-state index in [4.69, 9.17) is 4.74 Å². The highest BCUT2D eigenvalue weighted by Crippen LogP contribution is 2.20. The Morgan fingerprint density at radius 3 is 2.30 bits per heavy atom. The van der Waals surface area contributed by atoms with E-state index < -0.39 is 12.1 Å². The lowest BCUT2D eigenvalue weighted by Gasteiger charge is -2.21. The van der Waals surface area contributed by atoms with Gasteiger partial charge >= 0.3 is 6.09 Å². The lowest BCUT2D eigenvalue weighted by atomic mass is 10.1. The second-order valence-corrected chi connectivity index (χ2v) is 6.39. The summed E-state index contributed by atoms with van der Waals surface area (Å²) in [7, 11) is 0. The zero-order valence-corrected chi connectivity index (χ0v) is 15.0. The van der Waals surface area contributed by atoms with Crippen LogP contribution < -0.4 is 5.32 Å². The van der Waals surface area contributed by atoms with Crippen molar-refractivity contribution in [3.05, 3.63) is 71.8 Å². The Kier molecular flexibility index (Phi) is 6.20. The molecule has 1 atom stereocenters. The molecule has 3 amide bonds. The number of ether oxygens (including phenoxy) is 1. The number of likely N-dealkylation sites (tertiary alicyclic amines) is 1. The molecule has 0 saturated carbocycles. The number of hydrogen-bond donors (Lipinski definition) is 1. The van der Waals surface area contributed by atoms with Crippen molar-refractivity contribution in [2.75, 3.05) is 6.54 Å². The lowest BCUT2D eigenvalue weighted by Crippen LogP contribution is -2.48. The normalized spacial score (nSPS) is 16.2. The molecule has 0 aromatic heterocycles. The molecule has 1 heterocycles. The van der Waals surface area contributed by atoms with Crippen molar-refractivity contribution in [1.29, 1.82) is 0 Å². The number of nitrogens with zero attached hydrogens (tertiary/aromatic N) is 1. The SMILES string of the molecule is O=C(NCCc1ccccc1)[C@H]1CCC(=O)N1C(=O)OCc1ccccc1. The van der Waals surface area contributed by atoms with Crippen LogP contribution in [0.3, 0.4) is 0 Å². The minimum Gasteiger partial charge on any atom is -0.444 e. The van der Waals surface area contributed by atoms with E-state index in [1.165, 1.54) is 0 Å². The first-order valence-electron chi connectivity index (χ1n) is 8.99. The lowest BCUT2D eigenvalue weighted by molar-refractivity contribution is -0.133. The summed E-state index contributed by atoms with van der Waals surface area (Å²) in [6, 6.07) is 18.2. The molecule has 6 nitrogen and oxygen atoms in total. The van der Waals surface area contributed by atoms with Gasteiger partial charge in [-0.1, -0.05) is 60.7 Å². The van der Waals surface area contributed by atoms with Crippen molar-refractivity contribution in [3.63, 3.8) is 0 Å². The quantitative estimate of drug-likeness (QED) is 0.853. The van der Waals surface area contributed by atoms with Gasteiger partial charge in [0.25, 0.3) is 0 Å². The third kappa shape index (κ3) is 4.94. The second-order valence-electron chi connectivity index (χ2n) is 6.39. The maximum atomic E-state index is 12.5. The van der Waals surface area contributed by atoms with E-state index in [-0.39, 0.29) is 24.8 Å². The Morgan fingerprint density at radius 1 is 1.00 bits per heavy atom. The van der Waals surface area contributed by atoms with E-state index in [1.807, 2.05) is 60.7 Å². The highest BCUT2D eigenvalue weighted by Gasteiger charge is 2.41. The fraction of sp³-hybridized carbons (Fsp3) is 0.286. The summed E-state index contributed by atoms with van der Waals surface area (Å²) in [6.45, 7) is 0.506. The van der Waals surface area contributed by atoms with Crippen LogP contribution in [0.25, 0.3) is 0 Å². The molecule has 0 bridgehead atoms. The molecule has 1 N–H and O–H groups in total. The second kappa shape index (κ2) is 8.98. The Morgan fingerprint density at radius 2 is 1.63 bits per heavy atom. The van der Waals surface area contributed by atoms with Gasteiger partial charge in [0.15, 0.2) is 0 Å². The van der Waals surface area contributed by atoms with Gasteiger partial charge in [0.1, 0.15) is 12.6 Å². The predicted molar refractivity (Wildman–Crippen MR) is 99.7 cm³/mol. The van der Waals surface area contributed by atoms with E-state index in [0.717, 1.165) is 16.0 Å². The molecule has 1 fully saturated rings. The number of carbonyl (C=O) groups excluding carboxylic acids is 3. The Balaban J connectivity index is 1.53. The highest BCUT2D eigenvalue weighted by atomic mass is 16.6. The molecule has 1 aliphatic heterocycles. The minimum atomic E-state index is -0.809. The third-order valence-corrected chi connectivity index (χ3v) is 4.47. The summed E-state index contributed by atoms with van der Waals surface area (Å²) in [5, 5.41) is 2.81. The largest absolute Gasteiger partial charge is 0.444 e. The number of rotatable bonds is 6. The number of hydrogen-bond acceptors (Lipinski definition) is 4. The maximum absolute atomic E-state index is 12.5. The van der Waals surface area contributed by atoms with Crippen molar-refractivity contribution in [2.45, 2.75) is 31.9 Å². The fourth-order valence-electron chi connectivity index (χ4n) is 3.04. The fourth-order valence-corrected chi connectivity index (χ4v) is 3.04. The van der Waals surface area contributed by atoms with Gasteiger partial charge in [-0.2, -0.15) is 0 Å². The molecule has 0 spiro atoms. The van der Waals surface area contributed by atoms with Crippen LogP contribution in [0, 0.1) is 0 Å². The van der Waals surface area contributed by atoms with Gasteiger partial charge in [0.05, 0.1) is 0 Å². The first-order valence-corrected chi connectivity index (χ1v) is 8.99. The summed E-state index contributed by atoms with van der Waals surface area (Å²) < 4.78 is 5.22. The standard InChI is InChI=1S/C21H22N2O4/c24-19-12-11-18(20(25)22-14-13-16-7-3-1-4-8-16)23(19)21(26)27-15-17-9-5-2-6-10-17/h1-10,18H,11-15H2,(H,22,25)/t18-/m1/s1. The van der Waals surface area contributed by atoms with Gasteiger partial charge in [0.2, 0.25) is 11.8 Å². The monoisotopic (exact) mass is 366 g/mol. The van der Waals surface area contributed by atoms with Crippen molar-refractivity contribution in [1.82, 2.24) is 10.2 Å². The molecular weight excluding hydrogens is 344 g/mol. The summed E-state index contributed by atoms with van der Waals surface area (Å²) >= 11 is 0. The van der Waals surface area contributed by atoms with Crippen molar-refractivity contribution in [2.24, 2.45) is 0 Å². The summed E-state index contributed by atoms with van der Waals surface area (Å²) in [6.07, 6.45) is 0.392. The van der Waals surface area contributed by atoms with Gasteiger partial charge in [-0.15, -0.1) is 0 Å². The number of imide groups is 1. The third-order valence-electron chi connectivity index (χ3n) is 4.47. The van der Waals surface area contributed by atoms with Crippen LogP contribution in [0.5, 0.6) is 0 Å². The smallest absolute Gasteiger partial charge is 0.417 e. The van der Waals surface area contributed by atoms with Crippen LogP contribution in [0.15, 0.2) is 60.7 Å². The average Bonchev–Trinajstić information content (AvgIpc) is 3.09. The molecule has 140 valence electrons. The van der Waals surface area contributed by atoms with Crippen LogP contribution in [0.2, 0.25) is 0 Å². The Bertz CT molecular complexity index is 792. The van der Waals surface area contributed by atoms with Crippen molar-refractivity contribution in [3.8, 4) is 0 Å². The molecule has 1 saturated heterocycles. The van der Waals surface area contributed by atoms with Gasteiger partial charge < -0.3 is 10.1 Å². The molecule has 6 heteroatoms. The Hall–Kier alpha value is -3.15. The van der Waals surface area contributed by atoms with Gasteiger partial charge in [-0.25, -0.2) is 9.69 Å². The summed E-state index contributed by atoms with van der Waals surface area (Å²) in [4.78, 5) is 37.8. The topological polar surface area (TPSA) is 75.7 Å².